The van der Waals surface area contributed by atoms with E-state index in [-0.39, 0.29) is 24.2 Å². The van der Waals surface area contributed by atoms with Crippen molar-refractivity contribution in [2.45, 2.75) is 26.4 Å². The van der Waals surface area contributed by atoms with Gasteiger partial charge in [0.15, 0.2) is 0 Å². The van der Waals surface area contributed by atoms with Gasteiger partial charge in [-0.3, -0.25) is 4.79 Å². The third-order valence-corrected chi connectivity index (χ3v) is 2.97. The summed E-state index contributed by atoms with van der Waals surface area (Å²) in [4.78, 5) is 11.8. The Morgan fingerprint density at radius 1 is 1.30 bits per heavy atom. The molecule has 1 amide bonds. The van der Waals surface area contributed by atoms with E-state index >= 15 is 0 Å². The van der Waals surface area contributed by atoms with Gasteiger partial charge in [-0.1, -0.05) is 13.8 Å². The van der Waals surface area contributed by atoms with Crippen LogP contribution in [0.5, 0.6) is 11.5 Å². The topological polar surface area (TPSA) is 73.6 Å². The summed E-state index contributed by atoms with van der Waals surface area (Å²) in [5, 5.41) is 2.81. The number of ether oxygens (including phenoxy) is 2. The predicted octanol–water partition coefficient (Wildman–Crippen LogP) is 1.73. The highest BCUT2D eigenvalue weighted by molar-refractivity contribution is 5.85. The lowest BCUT2D eigenvalue weighted by Gasteiger charge is -2.16. The fourth-order valence-corrected chi connectivity index (χ4v) is 1.60. The molecule has 0 radical (unpaired) electrons. The van der Waals surface area contributed by atoms with Crippen LogP contribution in [0.15, 0.2) is 18.2 Å². The van der Waals surface area contributed by atoms with E-state index in [1.54, 1.807) is 20.3 Å². The molecule has 5 nitrogen and oxygen atoms in total. The predicted molar refractivity (Wildman–Crippen MR) is 81.5 cm³/mol. The van der Waals surface area contributed by atoms with Crippen molar-refractivity contribution < 1.29 is 14.3 Å². The molecular formula is C14H23ClN2O3. The monoisotopic (exact) mass is 302 g/mol. The molecule has 1 aromatic carbocycles. The molecule has 0 aliphatic carbocycles. The normalized spacial score (nSPS) is 11.5. The molecule has 0 spiro atoms. The maximum Gasteiger partial charge on any atom is 0.237 e. The van der Waals surface area contributed by atoms with Crippen LogP contribution in [-0.2, 0) is 11.3 Å². The molecular weight excluding hydrogens is 280 g/mol. The van der Waals surface area contributed by atoms with Gasteiger partial charge in [-0.2, -0.15) is 0 Å². The number of halogens is 1. The van der Waals surface area contributed by atoms with Crippen LogP contribution >= 0.6 is 12.4 Å². The lowest BCUT2D eigenvalue weighted by molar-refractivity contribution is -0.123. The third-order valence-electron chi connectivity index (χ3n) is 2.97. The van der Waals surface area contributed by atoms with E-state index in [0.29, 0.717) is 18.0 Å². The molecule has 1 aromatic rings. The molecule has 0 unspecified atom stereocenters. The minimum absolute atomic E-state index is 0. The van der Waals surface area contributed by atoms with E-state index in [2.05, 4.69) is 5.32 Å². The Hall–Kier alpha value is -1.46. The Morgan fingerprint density at radius 2 is 1.95 bits per heavy atom. The molecule has 0 aliphatic rings. The summed E-state index contributed by atoms with van der Waals surface area (Å²) in [5.41, 5.74) is 6.66. The highest BCUT2D eigenvalue weighted by atomic mass is 35.5. The number of nitrogens with two attached hydrogens (primary N) is 1. The molecule has 0 heterocycles. The summed E-state index contributed by atoms with van der Waals surface area (Å²) in [6.45, 7) is 4.21. The van der Waals surface area contributed by atoms with Crippen LogP contribution in [0.1, 0.15) is 19.4 Å². The molecule has 0 aliphatic heterocycles. The van der Waals surface area contributed by atoms with Crippen molar-refractivity contribution in [3.05, 3.63) is 23.8 Å². The van der Waals surface area contributed by atoms with Crippen LogP contribution in [0.25, 0.3) is 0 Å². The first kappa shape index (κ1) is 18.5. The molecule has 6 heteroatoms. The SMILES string of the molecule is COc1ccc(CNC(=O)[C@H](N)C(C)C)c(OC)c1.Cl. The van der Waals surface area contributed by atoms with Crippen molar-refractivity contribution in [3.8, 4) is 11.5 Å². The van der Waals surface area contributed by atoms with Gasteiger partial charge in [0, 0.05) is 18.2 Å². The van der Waals surface area contributed by atoms with E-state index in [4.69, 9.17) is 15.2 Å². The van der Waals surface area contributed by atoms with Crippen molar-refractivity contribution in [1.29, 1.82) is 0 Å². The second kappa shape index (κ2) is 8.66. The second-order valence-corrected chi connectivity index (χ2v) is 4.67. The quantitative estimate of drug-likeness (QED) is 0.839. The molecule has 1 rings (SSSR count). The first-order valence-electron chi connectivity index (χ1n) is 6.23. The molecule has 0 bridgehead atoms. The Bertz CT molecular complexity index is 438. The van der Waals surface area contributed by atoms with Gasteiger partial charge in [0.25, 0.3) is 0 Å². The van der Waals surface area contributed by atoms with Gasteiger partial charge in [0.1, 0.15) is 11.5 Å². The van der Waals surface area contributed by atoms with Crippen molar-refractivity contribution in [2.75, 3.05) is 14.2 Å². The minimum atomic E-state index is -0.496. The summed E-state index contributed by atoms with van der Waals surface area (Å²) in [6, 6.07) is 4.97. The number of rotatable bonds is 6. The van der Waals surface area contributed by atoms with Crippen molar-refractivity contribution in [1.82, 2.24) is 5.32 Å². The van der Waals surface area contributed by atoms with E-state index in [1.165, 1.54) is 0 Å². The van der Waals surface area contributed by atoms with Crippen LogP contribution < -0.4 is 20.5 Å². The number of hydrogen-bond donors (Lipinski definition) is 2. The number of methoxy groups -OCH3 is 2. The number of hydrogen-bond acceptors (Lipinski definition) is 4. The highest BCUT2D eigenvalue weighted by Gasteiger charge is 2.17. The zero-order valence-electron chi connectivity index (χ0n) is 12.3. The summed E-state index contributed by atoms with van der Waals surface area (Å²) >= 11 is 0. The fourth-order valence-electron chi connectivity index (χ4n) is 1.60. The van der Waals surface area contributed by atoms with Crippen molar-refractivity contribution >= 4 is 18.3 Å². The number of carbonyl (C=O) groups is 1. The summed E-state index contributed by atoms with van der Waals surface area (Å²) in [6.07, 6.45) is 0. The Labute approximate surface area is 126 Å². The van der Waals surface area contributed by atoms with Crippen LogP contribution in [0, 0.1) is 5.92 Å². The van der Waals surface area contributed by atoms with Gasteiger partial charge in [0.05, 0.1) is 20.3 Å². The molecule has 0 aromatic heterocycles. The highest BCUT2D eigenvalue weighted by Crippen LogP contribution is 2.24. The summed E-state index contributed by atoms with van der Waals surface area (Å²) in [5.74, 6) is 1.34. The maximum absolute atomic E-state index is 11.8. The smallest absolute Gasteiger partial charge is 0.237 e. The van der Waals surface area contributed by atoms with Gasteiger partial charge in [0.2, 0.25) is 5.91 Å². The van der Waals surface area contributed by atoms with Gasteiger partial charge in [-0.25, -0.2) is 0 Å². The molecule has 0 fully saturated rings. The average Bonchev–Trinajstić information content (AvgIpc) is 2.43. The Morgan fingerprint density at radius 3 is 2.45 bits per heavy atom. The molecule has 3 N–H and O–H groups in total. The standard InChI is InChI=1S/C14H22N2O3.ClH/c1-9(2)13(15)14(17)16-8-10-5-6-11(18-3)7-12(10)19-4;/h5-7,9,13H,8,15H2,1-4H3,(H,16,17);1H/t13-;/m1./s1. The number of nitrogens with one attached hydrogen (secondary N) is 1. The van der Waals surface area contributed by atoms with Crippen molar-refractivity contribution in [3.63, 3.8) is 0 Å². The summed E-state index contributed by atoms with van der Waals surface area (Å²) < 4.78 is 10.4. The first-order chi connectivity index (χ1) is 8.99. The Kier molecular flexibility index (Phi) is 8.03. The fraction of sp³-hybridized carbons (Fsp3) is 0.500. The van der Waals surface area contributed by atoms with Crippen LogP contribution in [0.3, 0.4) is 0 Å². The van der Waals surface area contributed by atoms with E-state index < -0.39 is 6.04 Å². The molecule has 20 heavy (non-hydrogen) atoms. The molecule has 0 saturated carbocycles. The van der Waals surface area contributed by atoms with E-state index in [0.717, 1.165) is 5.56 Å². The molecule has 1 atom stereocenters. The van der Waals surface area contributed by atoms with Gasteiger partial charge in [-0.05, 0) is 18.1 Å². The van der Waals surface area contributed by atoms with Gasteiger partial charge in [-0.15, -0.1) is 12.4 Å². The number of carbonyl (C=O) groups excluding carboxylic acids is 1. The Balaban J connectivity index is 0.00000361. The zero-order chi connectivity index (χ0) is 14.4. The van der Waals surface area contributed by atoms with Crippen LogP contribution in [-0.4, -0.2) is 26.2 Å². The van der Waals surface area contributed by atoms with E-state index in [9.17, 15) is 4.79 Å². The van der Waals surface area contributed by atoms with E-state index in [1.807, 2.05) is 26.0 Å². The maximum atomic E-state index is 11.8. The minimum Gasteiger partial charge on any atom is -0.497 e. The van der Waals surface area contributed by atoms with Gasteiger partial charge < -0.3 is 20.5 Å². The third kappa shape index (κ3) is 4.90. The second-order valence-electron chi connectivity index (χ2n) is 4.67. The molecule has 0 saturated heterocycles. The number of amides is 1. The first-order valence-corrected chi connectivity index (χ1v) is 6.23. The van der Waals surface area contributed by atoms with Crippen LogP contribution in [0.2, 0.25) is 0 Å². The molecule has 114 valence electrons. The van der Waals surface area contributed by atoms with Crippen LogP contribution in [0.4, 0.5) is 0 Å². The number of benzene rings is 1. The largest absolute Gasteiger partial charge is 0.497 e. The zero-order valence-corrected chi connectivity index (χ0v) is 13.1. The van der Waals surface area contributed by atoms with Gasteiger partial charge >= 0.3 is 0 Å². The van der Waals surface area contributed by atoms with Crippen molar-refractivity contribution in [2.24, 2.45) is 11.7 Å². The summed E-state index contributed by atoms with van der Waals surface area (Å²) in [7, 11) is 3.18. The lowest BCUT2D eigenvalue weighted by atomic mass is 10.0. The lowest BCUT2D eigenvalue weighted by Crippen LogP contribution is -2.43. The average molecular weight is 303 g/mol.